The second kappa shape index (κ2) is 12.4. The average Bonchev–Trinajstić information content (AvgIpc) is 3.34. The van der Waals surface area contributed by atoms with Crippen LogP contribution >= 0.6 is 21.6 Å². The van der Waals surface area contributed by atoms with Gasteiger partial charge in [0, 0.05) is 29.8 Å². The monoisotopic (exact) mass is 589 g/mol. The van der Waals surface area contributed by atoms with Crippen LogP contribution in [0.1, 0.15) is 66.2 Å². The highest BCUT2D eigenvalue weighted by Crippen LogP contribution is 2.40. The Bertz CT molecular complexity index is 1000. The Balaban J connectivity index is 1.39. The molecule has 218 valence electrons. The number of imide groups is 1. The Morgan fingerprint density at radius 3 is 2.33 bits per heavy atom. The van der Waals surface area contributed by atoms with Crippen LogP contribution in [0.2, 0.25) is 0 Å². The molecular formula is C24H35N3O10S2. The fourth-order valence-electron chi connectivity index (χ4n) is 4.26. The Hall–Kier alpha value is -2.36. The molecule has 3 heterocycles. The molecule has 13 nitrogen and oxygen atoms in total. The third-order valence-corrected chi connectivity index (χ3v) is 10.2. The second-order valence-electron chi connectivity index (χ2n) is 11.0. The molecule has 0 unspecified atom stereocenters. The van der Waals surface area contributed by atoms with E-state index >= 15 is 0 Å². The first-order valence-corrected chi connectivity index (χ1v) is 15.0. The van der Waals surface area contributed by atoms with E-state index in [-0.39, 0.29) is 37.0 Å². The smallest absolute Gasteiger partial charge is 0.333 e. The average molecular weight is 590 g/mol. The fraction of sp³-hybridized carbons (Fsp3) is 0.750. The highest BCUT2D eigenvalue weighted by molar-refractivity contribution is 8.77. The molecule has 0 saturated carbocycles. The number of amides is 4. The number of ether oxygens (including phenoxy) is 1. The van der Waals surface area contributed by atoms with Crippen molar-refractivity contribution in [3.8, 4) is 0 Å². The summed E-state index contributed by atoms with van der Waals surface area (Å²) in [6, 6.07) is -0.751. The van der Waals surface area contributed by atoms with E-state index in [4.69, 9.17) is 9.57 Å². The van der Waals surface area contributed by atoms with Gasteiger partial charge in [-0.2, -0.15) is 0 Å². The van der Waals surface area contributed by atoms with Gasteiger partial charge >= 0.3 is 23.8 Å². The summed E-state index contributed by atoms with van der Waals surface area (Å²) < 4.78 is 5.14. The molecular weight excluding hydrogens is 554 g/mol. The summed E-state index contributed by atoms with van der Waals surface area (Å²) in [7, 11) is 3.07. The molecule has 3 saturated heterocycles. The molecule has 4 amide bonds. The summed E-state index contributed by atoms with van der Waals surface area (Å²) in [5.41, 5.74) is -0.856. The Kier molecular flexibility index (Phi) is 9.94. The summed E-state index contributed by atoms with van der Waals surface area (Å²) in [5, 5.41) is 23.1. The number of rotatable bonds is 12. The van der Waals surface area contributed by atoms with Gasteiger partial charge in [-0.3, -0.25) is 24.0 Å². The molecule has 39 heavy (non-hydrogen) atoms. The summed E-state index contributed by atoms with van der Waals surface area (Å²) >= 11 is 0. The largest absolute Gasteiger partial charge is 0.463 e. The zero-order valence-electron chi connectivity index (χ0n) is 22.3. The number of esters is 1. The SMILES string of the molecule is CC(C)(CCC(=O)ON1C(=O)CCC1=O)SSCCC(C)(C)C(=O)OC[C@@H]1C[C@H](O)[C@H](O)[C@H]2NC(=O)C(=O)N12. The zero-order chi connectivity index (χ0) is 29.1. The maximum atomic E-state index is 12.8. The van der Waals surface area contributed by atoms with Crippen molar-refractivity contribution in [3.05, 3.63) is 0 Å². The van der Waals surface area contributed by atoms with Crippen molar-refractivity contribution in [2.45, 2.75) is 95.4 Å². The van der Waals surface area contributed by atoms with E-state index in [9.17, 15) is 39.0 Å². The van der Waals surface area contributed by atoms with Crippen LogP contribution in [0.15, 0.2) is 0 Å². The van der Waals surface area contributed by atoms with Gasteiger partial charge in [0.05, 0.1) is 17.6 Å². The molecule has 0 aromatic rings. The number of piperidine rings is 1. The number of carbonyl (C=O) groups is 6. The van der Waals surface area contributed by atoms with Crippen LogP contribution in [0.5, 0.6) is 0 Å². The van der Waals surface area contributed by atoms with Gasteiger partial charge in [-0.05, 0) is 47.0 Å². The zero-order valence-corrected chi connectivity index (χ0v) is 24.0. The van der Waals surface area contributed by atoms with Crippen LogP contribution in [-0.4, -0.2) is 97.3 Å². The van der Waals surface area contributed by atoms with E-state index in [1.807, 2.05) is 13.8 Å². The van der Waals surface area contributed by atoms with Gasteiger partial charge in [0.25, 0.3) is 11.8 Å². The molecule has 3 fully saturated rings. The molecule has 15 heteroatoms. The summed E-state index contributed by atoms with van der Waals surface area (Å²) in [5.74, 6) is -3.31. The standard InChI is InChI=1S/C24H35N3O10S2/c1-23(2,22(35)36-12-13-11-14(28)18(32)19-25-20(33)21(34)26(13)19)9-10-38-39-24(3,4)8-7-17(31)37-27-15(29)5-6-16(27)30/h13-14,18-19,28,32H,5-12H2,1-4H3,(H,25,33)/t13-,14-,18-,19-/m0/s1. The van der Waals surface area contributed by atoms with Crippen LogP contribution < -0.4 is 5.32 Å². The van der Waals surface area contributed by atoms with E-state index < -0.39 is 65.4 Å². The maximum Gasteiger partial charge on any atom is 0.333 e. The van der Waals surface area contributed by atoms with Gasteiger partial charge in [0.2, 0.25) is 0 Å². The lowest BCUT2D eigenvalue weighted by Gasteiger charge is -2.41. The number of nitrogens with zero attached hydrogens (tertiary/aromatic N) is 2. The first-order chi connectivity index (χ1) is 18.1. The number of carbonyl (C=O) groups excluding carboxylic acids is 6. The highest BCUT2D eigenvalue weighted by atomic mass is 33.1. The van der Waals surface area contributed by atoms with E-state index in [2.05, 4.69) is 5.32 Å². The second-order valence-corrected chi connectivity index (χ2v) is 14.1. The van der Waals surface area contributed by atoms with Crippen molar-refractivity contribution in [1.29, 1.82) is 0 Å². The molecule has 3 N–H and O–H groups in total. The number of aliphatic hydroxyl groups excluding tert-OH is 2. The normalized spacial score (nSPS) is 25.6. The van der Waals surface area contributed by atoms with Crippen molar-refractivity contribution < 1.29 is 48.6 Å². The van der Waals surface area contributed by atoms with E-state index in [0.717, 1.165) is 4.90 Å². The molecule has 3 aliphatic heterocycles. The molecule has 0 bridgehead atoms. The van der Waals surface area contributed by atoms with E-state index in [1.165, 1.54) is 21.6 Å². The number of hydroxylamine groups is 2. The minimum atomic E-state index is -1.33. The summed E-state index contributed by atoms with van der Waals surface area (Å²) in [4.78, 5) is 78.0. The molecule has 0 aromatic carbocycles. The topological polar surface area (TPSA) is 180 Å². The Labute approximate surface area is 234 Å². The van der Waals surface area contributed by atoms with Gasteiger partial charge < -0.3 is 30.0 Å². The third kappa shape index (κ3) is 7.64. The Morgan fingerprint density at radius 1 is 1.05 bits per heavy atom. The van der Waals surface area contributed by atoms with Crippen molar-refractivity contribution in [3.63, 3.8) is 0 Å². The van der Waals surface area contributed by atoms with Gasteiger partial charge in [-0.25, -0.2) is 4.79 Å². The highest BCUT2D eigenvalue weighted by Gasteiger charge is 2.51. The molecule has 0 radical (unpaired) electrons. The first kappa shape index (κ1) is 31.2. The summed E-state index contributed by atoms with van der Waals surface area (Å²) in [6.07, 6.45) is -2.58. The molecule has 4 atom stereocenters. The number of aliphatic hydroxyl groups is 2. The fourth-order valence-corrected chi connectivity index (χ4v) is 7.15. The van der Waals surface area contributed by atoms with Gasteiger partial charge in [-0.15, -0.1) is 5.06 Å². The van der Waals surface area contributed by atoms with Crippen LogP contribution in [0.4, 0.5) is 0 Å². The number of hydrogen-bond donors (Lipinski definition) is 3. The first-order valence-electron chi connectivity index (χ1n) is 12.7. The number of hydrogen-bond acceptors (Lipinski definition) is 12. The lowest BCUT2D eigenvalue weighted by molar-refractivity contribution is -0.197. The molecule has 0 aliphatic carbocycles. The van der Waals surface area contributed by atoms with Crippen LogP contribution in [0.25, 0.3) is 0 Å². The summed E-state index contributed by atoms with van der Waals surface area (Å²) in [6.45, 7) is 7.15. The quantitative estimate of drug-likeness (QED) is 0.0931. The predicted molar refractivity (Wildman–Crippen MR) is 139 cm³/mol. The van der Waals surface area contributed by atoms with Crippen LogP contribution in [-0.2, 0) is 38.3 Å². The number of fused-ring (bicyclic) bond motifs is 1. The van der Waals surface area contributed by atoms with Crippen LogP contribution in [0.3, 0.4) is 0 Å². The van der Waals surface area contributed by atoms with Crippen molar-refractivity contribution in [2.75, 3.05) is 12.4 Å². The van der Waals surface area contributed by atoms with Gasteiger partial charge in [0.1, 0.15) is 18.9 Å². The van der Waals surface area contributed by atoms with E-state index in [0.29, 0.717) is 23.7 Å². The van der Waals surface area contributed by atoms with Crippen molar-refractivity contribution >= 4 is 57.2 Å². The molecule has 0 aromatic heterocycles. The maximum absolute atomic E-state index is 12.8. The number of nitrogens with one attached hydrogen (secondary N) is 1. The Morgan fingerprint density at radius 2 is 1.69 bits per heavy atom. The van der Waals surface area contributed by atoms with Crippen molar-refractivity contribution in [2.24, 2.45) is 5.41 Å². The third-order valence-electron chi connectivity index (χ3n) is 6.82. The molecule has 0 spiro atoms. The molecule has 3 rings (SSSR count). The predicted octanol–water partition coefficient (Wildman–Crippen LogP) is 0.272. The van der Waals surface area contributed by atoms with Gasteiger partial charge in [-0.1, -0.05) is 21.6 Å². The van der Waals surface area contributed by atoms with Gasteiger partial charge in [0.15, 0.2) is 0 Å². The minimum absolute atomic E-state index is 0.0316. The van der Waals surface area contributed by atoms with Crippen molar-refractivity contribution in [1.82, 2.24) is 15.3 Å². The molecule has 3 aliphatic rings. The van der Waals surface area contributed by atoms with Crippen LogP contribution in [0, 0.1) is 5.41 Å². The lowest BCUT2D eigenvalue weighted by atomic mass is 9.90. The lowest BCUT2D eigenvalue weighted by Crippen LogP contribution is -2.61. The van der Waals surface area contributed by atoms with E-state index in [1.54, 1.807) is 13.8 Å². The minimum Gasteiger partial charge on any atom is -0.463 e.